The van der Waals surface area contributed by atoms with E-state index in [1.807, 2.05) is 32.7 Å². The first-order valence-corrected chi connectivity index (χ1v) is 11.5. The molecule has 0 radical (unpaired) electrons. The molecule has 3 rings (SSSR count). The van der Waals surface area contributed by atoms with E-state index < -0.39 is 5.60 Å². The van der Waals surface area contributed by atoms with Crippen molar-refractivity contribution < 1.29 is 9.53 Å². The van der Waals surface area contributed by atoms with Crippen molar-refractivity contribution in [3.05, 3.63) is 0 Å². The molecule has 3 fully saturated rings. The molecule has 3 aliphatic heterocycles. The molecule has 1 N–H and O–H groups in total. The molecule has 0 aliphatic carbocycles. The highest BCUT2D eigenvalue weighted by atomic mass is 127. The molecular formula is C22H42IN5O2. The van der Waals surface area contributed by atoms with Crippen LogP contribution in [-0.2, 0) is 4.74 Å². The van der Waals surface area contributed by atoms with Crippen LogP contribution in [0.3, 0.4) is 0 Å². The van der Waals surface area contributed by atoms with Crippen molar-refractivity contribution in [3.8, 4) is 0 Å². The molecule has 0 aromatic rings. The van der Waals surface area contributed by atoms with E-state index in [9.17, 15) is 4.79 Å². The van der Waals surface area contributed by atoms with Gasteiger partial charge in [-0.2, -0.15) is 0 Å². The van der Waals surface area contributed by atoms with Crippen molar-refractivity contribution in [1.82, 2.24) is 20.0 Å². The van der Waals surface area contributed by atoms with Crippen molar-refractivity contribution in [2.24, 2.45) is 10.9 Å². The Balaban J connectivity index is 0.00000320. The topological polar surface area (TPSA) is 60.4 Å². The summed E-state index contributed by atoms with van der Waals surface area (Å²) in [6.07, 6.45) is 7.07. The van der Waals surface area contributed by atoms with Crippen molar-refractivity contribution >= 4 is 36.0 Å². The maximum Gasteiger partial charge on any atom is 0.410 e. The summed E-state index contributed by atoms with van der Waals surface area (Å²) in [4.78, 5) is 23.8. The van der Waals surface area contributed by atoms with Gasteiger partial charge in [0.15, 0.2) is 5.96 Å². The summed E-state index contributed by atoms with van der Waals surface area (Å²) in [7, 11) is 1.89. The maximum atomic E-state index is 12.4. The number of nitrogens with zero attached hydrogens (tertiary/aromatic N) is 4. The van der Waals surface area contributed by atoms with Gasteiger partial charge in [0, 0.05) is 45.8 Å². The Morgan fingerprint density at radius 2 is 1.77 bits per heavy atom. The van der Waals surface area contributed by atoms with Crippen molar-refractivity contribution in [3.63, 3.8) is 0 Å². The van der Waals surface area contributed by atoms with E-state index in [1.54, 1.807) is 0 Å². The molecule has 7 nitrogen and oxygen atoms in total. The minimum absolute atomic E-state index is 0. The number of amides is 1. The van der Waals surface area contributed by atoms with Gasteiger partial charge in [-0.15, -0.1) is 24.0 Å². The van der Waals surface area contributed by atoms with Crippen molar-refractivity contribution in [2.75, 3.05) is 52.9 Å². The number of rotatable bonds is 4. The summed E-state index contributed by atoms with van der Waals surface area (Å²) in [6, 6.07) is 0.691. The number of guanidine groups is 1. The van der Waals surface area contributed by atoms with Crippen LogP contribution in [0.2, 0.25) is 0 Å². The SMILES string of the molecule is CN=C(NCCC1CCCN(C(=O)OC(C)(C)C)C1)N1CCC(N2CCCC2)C1.I. The number of hydrogen-bond donors (Lipinski definition) is 1. The number of halogens is 1. The molecule has 0 aromatic carbocycles. The van der Waals surface area contributed by atoms with Crippen LogP contribution in [0.1, 0.15) is 59.3 Å². The fourth-order valence-corrected chi connectivity index (χ4v) is 4.85. The molecule has 0 spiro atoms. The number of carbonyl (C=O) groups excluding carboxylic acids is 1. The zero-order chi connectivity index (χ0) is 20.9. The Hall–Kier alpha value is -0.770. The average molecular weight is 536 g/mol. The fourth-order valence-electron chi connectivity index (χ4n) is 4.85. The molecule has 2 unspecified atom stereocenters. The van der Waals surface area contributed by atoms with Crippen LogP contribution in [0.25, 0.3) is 0 Å². The lowest BCUT2D eigenvalue weighted by atomic mass is 9.95. The molecular weight excluding hydrogens is 493 g/mol. The lowest BCUT2D eigenvalue weighted by molar-refractivity contribution is 0.0162. The summed E-state index contributed by atoms with van der Waals surface area (Å²) >= 11 is 0. The molecule has 3 saturated heterocycles. The van der Waals surface area contributed by atoms with Gasteiger partial charge < -0.3 is 19.9 Å². The second-order valence-electron chi connectivity index (χ2n) is 9.83. The minimum atomic E-state index is -0.430. The quantitative estimate of drug-likeness (QED) is 0.340. The summed E-state index contributed by atoms with van der Waals surface area (Å²) < 4.78 is 5.55. The number of piperidine rings is 1. The Bertz CT molecular complexity index is 574. The summed E-state index contributed by atoms with van der Waals surface area (Å²) in [5.41, 5.74) is -0.430. The molecule has 174 valence electrons. The van der Waals surface area contributed by atoms with Crippen LogP contribution in [-0.4, -0.2) is 91.3 Å². The predicted octanol–water partition coefficient (Wildman–Crippen LogP) is 3.39. The van der Waals surface area contributed by atoms with Gasteiger partial charge in [0.1, 0.15) is 5.60 Å². The predicted molar refractivity (Wildman–Crippen MR) is 133 cm³/mol. The van der Waals surface area contributed by atoms with E-state index in [-0.39, 0.29) is 30.1 Å². The summed E-state index contributed by atoms with van der Waals surface area (Å²) in [5, 5.41) is 3.57. The normalized spacial score (nSPS) is 25.9. The van der Waals surface area contributed by atoms with Gasteiger partial charge in [0.25, 0.3) is 0 Å². The van der Waals surface area contributed by atoms with E-state index >= 15 is 0 Å². The van der Waals surface area contributed by atoms with Crippen LogP contribution in [0.5, 0.6) is 0 Å². The Labute approximate surface area is 200 Å². The lowest BCUT2D eigenvalue weighted by Crippen LogP contribution is -2.45. The minimum Gasteiger partial charge on any atom is -0.444 e. The van der Waals surface area contributed by atoms with Gasteiger partial charge in [0.05, 0.1) is 0 Å². The van der Waals surface area contributed by atoms with Crippen LogP contribution < -0.4 is 5.32 Å². The lowest BCUT2D eigenvalue weighted by Gasteiger charge is -2.34. The highest BCUT2D eigenvalue weighted by Crippen LogP contribution is 2.22. The third-order valence-corrected chi connectivity index (χ3v) is 6.34. The van der Waals surface area contributed by atoms with Crippen LogP contribution in [0, 0.1) is 5.92 Å². The smallest absolute Gasteiger partial charge is 0.410 e. The zero-order valence-electron chi connectivity index (χ0n) is 19.4. The Morgan fingerprint density at radius 3 is 2.43 bits per heavy atom. The van der Waals surface area contributed by atoms with E-state index in [0.29, 0.717) is 12.0 Å². The Morgan fingerprint density at radius 1 is 1.03 bits per heavy atom. The first-order chi connectivity index (χ1) is 13.9. The average Bonchev–Trinajstić information content (AvgIpc) is 3.35. The van der Waals surface area contributed by atoms with E-state index in [1.165, 1.54) is 38.8 Å². The third kappa shape index (κ3) is 7.43. The van der Waals surface area contributed by atoms with Crippen molar-refractivity contribution in [2.45, 2.75) is 70.9 Å². The molecule has 1 amide bonds. The monoisotopic (exact) mass is 535 g/mol. The van der Waals surface area contributed by atoms with Crippen LogP contribution in [0.15, 0.2) is 4.99 Å². The molecule has 0 aromatic heterocycles. The molecule has 3 aliphatic rings. The zero-order valence-corrected chi connectivity index (χ0v) is 21.7. The summed E-state index contributed by atoms with van der Waals surface area (Å²) in [5.74, 6) is 1.56. The molecule has 0 bridgehead atoms. The molecule has 8 heteroatoms. The van der Waals surface area contributed by atoms with Gasteiger partial charge in [0.2, 0.25) is 0 Å². The summed E-state index contributed by atoms with van der Waals surface area (Å²) in [6.45, 7) is 13.0. The number of hydrogen-bond acceptors (Lipinski definition) is 4. The van der Waals surface area contributed by atoms with E-state index in [2.05, 4.69) is 20.1 Å². The number of likely N-dealkylation sites (tertiary alicyclic amines) is 3. The van der Waals surface area contributed by atoms with Gasteiger partial charge in [-0.25, -0.2) is 4.79 Å². The van der Waals surface area contributed by atoms with E-state index in [4.69, 9.17) is 4.74 Å². The van der Waals surface area contributed by atoms with Crippen LogP contribution >= 0.6 is 24.0 Å². The standard InChI is InChI=1S/C22H41N5O2.HI/c1-22(2,3)29-21(28)27-14-7-8-18(16-27)9-11-24-20(23-4)26-15-10-19(17-26)25-12-5-6-13-25;/h18-19H,5-17H2,1-4H3,(H,23,24);1H. The molecule has 2 atom stereocenters. The number of ether oxygens (including phenoxy) is 1. The Kier molecular flexibility index (Phi) is 9.97. The second-order valence-corrected chi connectivity index (χ2v) is 9.83. The molecule has 30 heavy (non-hydrogen) atoms. The van der Waals surface area contributed by atoms with E-state index in [0.717, 1.165) is 51.5 Å². The van der Waals surface area contributed by atoms with Gasteiger partial charge in [-0.1, -0.05) is 0 Å². The molecule has 3 heterocycles. The largest absolute Gasteiger partial charge is 0.444 e. The highest BCUT2D eigenvalue weighted by molar-refractivity contribution is 14.0. The van der Waals surface area contributed by atoms with Crippen molar-refractivity contribution in [1.29, 1.82) is 0 Å². The second kappa shape index (κ2) is 11.7. The van der Waals surface area contributed by atoms with Gasteiger partial charge in [-0.3, -0.25) is 9.89 Å². The number of aliphatic imine (C=N–C) groups is 1. The van der Waals surface area contributed by atoms with Crippen LogP contribution in [0.4, 0.5) is 4.79 Å². The van der Waals surface area contributed by atoms with Gasteiger partial charge in [-0.05, 0) is 78.3 Å². The first-order valence-electron chi connectivity index (χ1n) is 11.5. The first kappa shape index (κ1) is 25.5. The number of nitrogens with one attached hydrogen (secondary N) is 1. The third-order valence-electron chi connectivity index (χ3n) is 6.34. The molecule has 0 saturated carbocycles. The van der Waals surface area contributed by atoms with Gasteiger partial charge >= 0.3 is 6.09 Å². The fraction of sp³-hybridized carbons (Fsp3) is 0.909. The maximum absolute atomic E-state index is 12.4. The highest BCUT2D eigenvalue weighted by Gasteiger charge is 2.31. The number of carbonyl (C=O) groups is 1.